The zero-order valence-corrected chi connectivity index (χ0v) is 24.8. The monoisotopic (exact) mass is 682 g/mol. The SMILES string of the molecule is ClP1(Cl)=NP(Cl)(Cl)=NP2(=N1)OCC1(CO2)COP2(=NP(Cl)(Cl)=NP(Cl)(Cl)=N2)OC1. The van der Waals surface area contributed by atoms with Crippen LogP contribution in [0.4, 0.5) is 0 Å². The first-order chi connectivity index (χ1) is 13.1. The van der Waals surface area contributed by atoms with Crippen molar-refractivity contribution in [1.82, 2.24) is 0 Å². The van der Waals surface area contributed by atoms with E-state index >= 15 is 0 Å². The largest absolute Gasteiger partial charge is 0.345 e. The van der Waals surface area contributed by atoms with E-state index in [4.69, 9.17) is 108 Å². The maximum absolute atomic E-state index is 6.09. The second-order valence-corrected chi connectivity index (χ2v) is 30.3. The molecule has 2 saturated heterocycles. The summed E-state index contributed by atoms with van der Waals surface area (Å²) in [7, 11) is -6.43. The van der Waals surface area contributed by atoms with Crippen LogP contribution in [0, 0.1) is 5.41 Å². The van der Waals surface area contributed by atoms with Gasteiger partial charge in [0.2, 0.25) is 0 Å². The summed E-state index contributed by atoms with van der Waals surface area (Å²) < 4.78 is 47.7. The molecule has 4 heterocycles. The maximum Gasteiger partial charge on any atom is 0.345 e. The van der Waals surface area contributed by atoms with E-state index in [0.717, 1.165) is 0 Å². The quantitative estimate of drug-likeness (QED) is 0.236. The number of nitrogens with zero attached hydrogens (tertiary/aromatic N) is 6. The third kappa shape index (κ3) is 6.03. The van der Waals surface area contributed by atoms with Gasteiger partial charge in [0.05, 0.1) is 31.8 Å². The molecule has 0 bridgehead atoms. The lowest BCUT2D eigenvalue weighted by molar-refractivity contribution is -0.0574. The van der Waals surface area contributed by atoms with Gasteiger partial charge in [-0.05, 0) is 89.9 Å². The molecule has 3 spiro atoms. The molecule has 2 fully saturated rings. The Morgan fingerprint density at radius 3 is 1.00 bits per heavy atom. The molecular formula is C5H8Cl8N6O4P6. The van der Waals surface area contributed by atoms with Crippen molar-refractivity contribution in [3.8, 4) is 0 Å². The van der Waals surface area contributed by atoms with Gasteiger partial charge >= 0.3 is 15.3 Å². The maximum atomic E-state index is 6.09. The summed E-state index contributed by atoms with van der Waals surface area (Å²) in [5.74, 6) is -12.7. The molecule has 0 amide bonds. The summed E-state index contributed by atoms with van der Waals surface area (Å²) in [4.78, 5) is 0. The topological polar surface area (TPSA) is 111 Å². The first kappa shape index (κ1) is 25.6. The Hall–Kier alpha value is 3.54. The van der Waals surface area contributed by atoms with Crippen molar-refractivity contribution in [3.63, 3.8) is 0 Å². The average Bonchev–Trinajstić information content (AvgIpc) is 2.47. The van der Waals surface area contributed by atoms with Gasteiger partial charge in [0.15, 0.2) is 0 Å². The summed E-state index contributed by atoms with van der Waals surface area (Å²) in [6, 6.07) is 0. The molecule has 4 rings (SSSR count). The number of hydrogen-bond acceptors (Lipinski definition) is 10. The van der Waals surface area contributed by atoms with E-state index in [1.165, 1.54) is 0 Å². The highest BCUT2D eigenvalue weighted by atomic mass is 35.9. The molecule has 4 aliphatic heterocycles. The number of hydrogen-bond donors (Lipinski definition) is 0. The van der Waals surface area contributed by atoms with Crippen LogP contribution in [0.2, 0.25) is 0 Å². The van der Waals surface area contributed by atoms with Crippen molar-refractivity contribution in [3.05, 3.63) is 0 Å². The molecule has 29 heavy (non-hydrogen) atoms. The Morgan fingerprint density at radius 1 is 0.448 bits per heavy atom. The Morgan fingerprint density at radius 2 is 0.724 bits per heavy atom. The van der Waals surface area contributed by atoms with Crippen LogP contribution in [0.25, 0.3) is 0 Å². The molecule has 0 N–H and O–H groups in total. The predicted octanol–water partition coefficient (Wildman–Crippen LogP) is 11.7. The summed E-state index contributed by atoms with van der Waals surface area (Å²) in [6.45, 7) is 0.348. The lowest BCUT2D eigenvalue weighted by Crippen LogP contribution is -2.45. The van der Waals surface area contributed by atoms with E-state index in [1.807, 2.05) is 0 Å². The van der Waals surface area contributed by atoms with Gasteiger partial charge in [0.1, 0.15) is 0 Å². The van der Waals surface area contributed by atoms with E-state index in [0.29, 0.717) is 0 Å². The van der Waals surface area contributed by atoms with Gasteiger partial charge in [0.25, 0.3) is 23.6 Å². The summed E-state index contributed by atoms with van der Waals surface area (Å²) in [6.07, 6.45) is 0. The lowest BCUT2D eigenvalue weighted by atomic mass is 9.93. The number of halogens is 8. The second-order valence-electron chi connectivity index (χ2n) is 5.93. The normalized spacial score (nSPS) is 33.9. The van der Waals surface area contributed by atoms with Crippen LogP contribution < -0.4 is 0 Å². The van der Waals surface area contributed by atoms with Crippen LogP contribution in [0.1, 0.15) is 0 Å². The molecule has 4 aliphatic rings. The average molecular weight is 686 g/mol. The zero-order valence-electron chi connectivity index (χ0n) is 13.4. The molecule has 0 aromatic heterocycles. The molecule has 168 valence electrons. The van der Waals surface area contributed by atoms with Crippen LogP contribution in [-0.4, -0.2) is 26.4 Å². The molecule has 0 aromatic rings. The molecule has 24 heteroatoms. The first-order valence-corrected chi connectivity index (χ1v) is 24.1. The highest BCUT2D eigenvalue weighted by Crippen LogP contribution is 2.88. The fourth-order valence-corrected chi connectivity index (χ4v) is 30.8. The molecular weight excluding hydrogens is 678 g/mol. The predicted molar refractivity (Wildman–Crippen MR) is 129 cm³/mol. The van der Waals surface area contributed by atoms with E-state index < -0.39 is 44.4 Å². The molecule has 10 nitrogen and oxygen atoms in total. The minimum atomic E-state index is -3.21. The Kier molecular flexibility index (Phi) is 7.33. The van der Waals surface area contributed by atoms with E-state index in [2.05, 4.69) is 27.1 Å². The minimum Gasteiger partial charge on any atom is -0.305 e. The molecule has 0 radical (unpaired) electrons. The van der Waals surface area contributed by atoms with Crippen molar-refractivity contribution in [2.75, 3.05) is 26.4 Å². The van der Waals surface area contributed by atoms with Gasteiger partial charge in [-0.2, -0.15) is 27.1 Å². The van der Waals surface area contributed by atoms with E-state index in [1.54, 1.807) is 0 Å². The van der Waals surface area contributed by atoms with Crippen LogP contribution >= 0.6 is 129 Å². The molecule has 0 aliphatic carbocycles. The fraction of sp³-hybridized carbons (Fsp3) is 1.00. The Balaban J connectivity index is 1.56. The first-order valence-electron chi connectivity index (χ1n) is 7.05. The number of rotatable bonds is 0. The Labute approximate surface area is 204 Å². The van der Waals surface area contributed by atoms with Gasteiger partial charge in [-0.1, -0.05) is 0 Å². The van der Waals surface area contributed by atoms with E-state index in [-0.39, 0.29) is 26.4 Å². The highest BCUT2D eigenvalue weighted by Gasteiger charge is 2.51. The van der Waals surface area contributed by atoms with Crippen molar-refractivity contribution in [2.45, 2.75) is 0 Å². The molecule has 0 aromatic carbocycles. The van der Waals surface area contributed by atoms with Gasteiger partial charge in [-0.15, -0.1) is 0 Å². The summed E-state index contributed by atoms with van der Waals surface area (Å²) >= 11 is 48.8. The van der Waals surface area contributed by atoms with E-state index in [9.17, 15) is 0 Å². The van der Waals surface area contributed by atoms with Crippen LogP contribution in [0.5, 0.6) is 0 Å². The van der Waals surface area contributed by atoms with Crippen LogP contribution in [-0.2, 0) is 18.1 Å². The third-order valence-corrected chi connectivity index (χ3v) is 25.6. The summed E-state index contributed by atoms with van der Waals surface area (Å²) in [5.41, 5.74) is -0.714. The van der Waals surface area contributed by atoms with Crippen molar-refractivity contribution < 1.29 is 18.1 Å². The smallest absolute Gasteiger partial charge is 0.305 e. The molecule has 0 saturated carbocycles. The standard InChI is InChI=1S/C5H8Cl8N6O4P6/c6-24(7)14-25(8,9)17-28(16-24)20-1-5(2-21-28)3-22-29(23-4-5)18-26(10,11)15-27(12,13)19-29/h1-4H2. The van der Waals surface area contributed by atoms with Crippen LogP contribution in [0.3, 0.4) is 0 Å². The highest BCUT2D eigenvalue weighted by molar-refractivity contribution is 8.21. The van der Waals surface area contributed by atoms with Gasteiger partial charge < -0.3 is 18.1 Å². The minimum absolute atomic E-state index is 0.0871. The fourth-order valence-electron chi connectivity index (χ4n) is 2.33. The second kappa shape index (κ2) is 8.30. The van der Waals surface area contributed by atoms with Gasteiger partial charge in [-0.3, -0.25) is 0 Å². The molecule has 0 atom stereocenters. The Bertz CT molecular complexity index is 969. The van der Waals surface area contributed by atoms with Crippen molar-refractivity contribution in [2.24, 2.45) is 32.5 Å². The molecule has 0 unspecified atom stereocenters. The summed E-state index contributed by atoms with van der Waals surface area (Å²) in [5, 5.41) is 0. The third-order valence-electron chi connectivity index (χ3n) is 3.47. The van der Waals surface area contributed by atoms with Gasteiger partial charge in [-0.25, -0.2) is 0 Å². The van der Waals surface area contributed by atoms with Crippen molar-refractivity contribution >= 4 is 129 Å². The zero-order chi connectivity index (χ0) is 21.4. The lowest BCUT2D eigenvalue weighted by Gasteiger charge is -2.44. The van der Waals surface area contributed by atoms with Crippen molar-refractivity contribution in [1.29, 1.82) is 0 Å². The van der Waals surface area contributed by atoms with Gasteiger partial charge in [0, 0.05) is 0 Å². The van der Waals surface area contributed by atoms with Crippen LogP contribution in [0.15, 0.2) is 27.1 Å².